The average Bonchev–Trinajstić information content (AvgIpc) is 2.37. The predicted molar refractivity (Wildman–Crippen MR) is 77.8 cm³/mol. The summed E-state index contributed by atoms with van der Waals surface area (Å²) in [6.45, 7) is 2.77. The maximum atomic E-state index is 10.7. The van der Waals surface area contributed by atoms with Crippen molar-refractivity contribution in [3.8, 4) is 0 Å². The van der Waals surface area contributed by atoms with E-state index in [4.69, 9.17) is 5.11 Å². The van der Waals surface area contributed by atoms with Gasteiger partial charge in [0.2, 0.25) is 0 Å². The van der Waals surface area contributed by atoms with Gasteiger partial charge in [-0.3, -0.25) is 4.79 Å². The number of carboxylic acids is 1. The van der Waals surface area contributed by atoms with E-state index in [1.807, 2.05) is 14.0 Å². The van der Waals surface area contributed by atoms with Crippen LogP contribution in [0.2, 0.25) is 0 Å². The van der Waals surface area contributed by atoms with Crippen LogP contribution in [0.3, 0.4) is 0 Å². The average molecular weight is 261 g/mol. The van der Waals surface area contributed by atoms with Gasteiger partial charge in [-0.25, -0.2) is 0 Å². The molecular weight excluding hydrogens is 238 g/mol. The third-order valence-electron chi connectivity index (χ3n) is 3.88. The summed E-state index contributed by atoms with van der Waals surface area (Å²) in [5.41, 5.74) is 4.17. The maximum absolute atomic E-state index is 10.7. The molecule has 0 aromatic heterocycles. The van der Waals surface area contributed by atoms with Crippen LogP contribution in [-0.4, -0.2) is 24.7 Å². The zero-order chi connectivity index (χ0) is 13.8. The molecule has 0 spiro atoms. The zero-order valence-corrected chi connectivity index (χ0v) is 11.9. The van der Waals surface area contributed by atoms with E-state index >= 15 is 0 Å². The number of carbonyl (C=O) groups is 1. The van der Waals surface area contributed by atoms with Crippen LogP contribution < -0.4 is 4.90 Å². The van der Waals surface area contributed by atoms with Gasteiger partial charge < -0.3 is 10.0 Å². The second kappa shape index (κ2) is 6.09. The van der Waals surface area contributed by atoms with Crippen LogP contribution in [0, 0.1) is 5.92 Å². The lowest BCUT2D eigenvalue weighted by Crippen LogP contribution is -2.25. The van der Waals surface area contributed by atoms with Crippen LogP contribution in [0.1, 0.15) is 37.3 Å². The summed E-state index contributed by atoms with van der Waals surface area (Å²) in [6.07, 6.45) is 5.21. The van der Waals surface area contributed by atoms with Gasteiger partial charge in [0.1, 0.15) is 0 Å². The highest BCUT2D eigenvalue weighted by Gasteiger charge is 2.14. The van der Waals surface area contributed by atoms with Gasteiger partial charge in [0.05, 0.1) is 0 Å². The number of anilines is 1. The highest BCUT2D eigenvalue weighted by molar-refractivity contribution is 5.67. The lowest BCUT2D eigenvalue weighted by molar-refractivity contribution is -0.137. The monoisotopic (exact) mass is 261 g/mol. The topological polar surface area (TPSA) is 40.5 Å². The van der Waals surface area contributed by atoms with E-state index in [1.165, 1.54) is 42.5 Å². The van der Waals surface area contributed by atoms with Crippen molar-refractivity contribution in [3.05, 3.63) is 29.3 Å². The Morgan fingerprint density at radius 1 is 1.32 bits per heavy atom. The molecule has 0 radical (unpaired) electrons. The van der Waals surface area contributed by atoms with E-state index in [2.05, 4.69) is 23.1 Å². The predicted octanol–water partition coefficient (Wildman–Crippen LogP) is 3.11. The summed E-state index contributed by atoms with van der Waals surface area (Å²) in [6, 6.07) is 6.68. The molecule has 0 heterocycles. The molecule has 2 rings (SSSR count). The highest BCUT2D eigenvalue weighted by atomic mass is 16.4. The molecule has 104 valence electrons. The molecular formula is C16H23NO2. The molecule has 1 atom stereocenters. The number of nitrogens with zero attached hydrogens (tertiary/aromatic N) is 1. The number of aliphatic carboxylic acids is 1. The lowest BCUT2D eigenvalue weighted by atomic mass is 9.91. The first-order chi connectivity index (χ1) is 9.06. The summed E-state index contributed by atoms with van der Waals surface area (Å²) in [4.78, 5) is 12.9. The normalized spacial score (nSPS) is 15.7. The van der Waals surface area contributed by atoms with Gasteiger partial charge in [-0.1, -0.05) is 13.0 Å². The van der Waals surface area contributed by atoms with Crippen LogP contribution in [0.25, 0.3) is 0 Å². The first kappa shape index (κ1) is 13.9. The Morgan fingerprint density at radius 2 is 2.00 bits per heavy atom. The molecule has 1 aliphatic rings. The SMILES string of the molecule is CC(CC(=O)O)CN(C)c1ccc2c(c1)CCCC2. The van der Waals surface area contributed by atoms with Crippen molar-refractivity contribution in [2.75, 3.05) is 18.5 Å². The van der Waals surface area contributed by atoms with Crippen molar-refractivity contribution in [1.29, 1.82) is 0 Å². The number of rotatable bonds is 5. The molecule has 3 heteroatoms. The summed E-state index contributed by atoms with van der Waals surface area (Å²) < 4.78 is 0. The summed E-state index contributed by atoms with van der Waals surface area (Å²) in [5, 5.41) is 8.81. The second-order valence-corrected chi connectivity index (χ2v) is 5.74. The fourth-order valence-corrected chi connectivity index (χ4v) is 2.89. The van der Waals surface area contributed by atoms with Crippen LogP contribution >= 0.6 is 0 Å². The van der Waals surface area contributed by atoms with Crippen LogP contribution in [0.5, 0.6) is 0 Å². The molecule has 1 aliphatic carbocycles. The van der Waals surface area contributed by atoms with Crippen molar-refractivity contribution in [2.45, 2.75) is 39.0 Å². The van der Waals surface area contributed by atoms with Crippen molar-refractivity contribution in [2.24, 2.45) is 5.92 Å². The van der Waals surface area contributed by atoms with E-state index in [0.29, 0.717) is 0 Å². The fourth-order valence-electron chi connectivity index (χ4n) is 2.89. The quantitative estimate of drug-likeness (QED) is 0.885. The Labute approximate surface area is 115 Å². The Bertz CT molecular complexity index is 456. The summed E-state index contributed by atoms with van der Waals surface area (Å²) in [7, 11) is 2.04. The summed E-state index contributed by atoms with van der Waals surface area (Å²) in [5.74, 6) is -0.551. The lowest BCUT2D eigenvalue weighted by Gasteiger charge is -2.25. The molecule has 19 heavy (non-hydrogen) atoms. The third-order valence-corrected chi connectivity index (χ3v) is 3.88. The number of aryl methyl sites for hydroxylation is 2. The minimum Gasteiger partial charge on any atom is -0.481 e. The van der Waals surface area contributed by atoms with E-state index in [0.717, 1.165) is 6.54 Å². The molecule has 0 saturated heterocycles. The summed E-state index contributed by atoms with van der Waals surface area (Å²) >= 11 is 0. The first-order valence-electron chi connectivity index (χ1n) is 7.11. The number of benzene rings is 1. The number of hydrogen-bond donors (Lipinski definition) is 1. The van der Waals surface area contributed by atoms with Crippen molar-refractivity contribution >= 4 is 11.7 Å². The number of fused-ring (bicyclic) bond motifs is 1. The molecule has 3 nitrogen and oxygen atoms in total. The van der Waals surface area contributed by atoms with E-state index < -0.39 is 5.97 Å². The van der Waals surface area contributed by atoms with Crippen LogP contribution in [0.4, 0.5) is 5.69 Å². The Balaban J connectivity index is 2.02. The van der Waals surface area contributed by atoms with Gasteiger partial charge in [-0.2, -0.15) is 0 Å². The molecule has 0 amide bonds. The largest absolute Gasteiger partial charge is 0.481 e. The van der Waals surface area contributed by atoms with Crippen LogP contribution in [-0.2, 0) is 17.6 Å². The Morgan fingerprint density at radius 3 is 2.68 bits per heavy atom. The van der Waals surface area contributed by atoms with Gasteiger partial charge in [0, 0.05) is 25.7 Å². The number of hydrogen-bond acceptors (Lipinski definition) is 2. The zero-order valence-electron chi connectivity index (χ0n) is 11.9. The highest BCUT2D eigenvalue weighted by Crippen LogP contribution is 2.26. The molecule has 1 aromatic carbocycles. The molecule has 0 fully saturated rings. The van der Waals surface area contributed by atoms with Crippen molar-refractivity contribution in [3.63, 3.8) is 0 Å². The van der Waals surface area contributed by atoms with Gasteiger partial charge in [0.25, 0.3) is 0 Å². The Kier molecular flexibility index (Phi) is 4.46. The van der Waals surface area contributed by atoms with Gasteiger partial charge in [0.15, 0.2) is 0 Å². The molecule has 0 bridgehead atoms. The number of carboxylic acid groups (broad SMARTS) is 1. The molecule has 1 unspecified atom stereocenters. The first-order valence-corrected chi connectivity index (χ1v) is 7.11. The standard InChI is InChI=1S/C16H23NO2/c1-12(9-16(18)19)11-17(2)15-8-7-13-5-3-4-6-14(13)10-15/h7-8,10,12H,3-6,9,11H2,1-2H3,(H,18,19). The molecule has 0 aliphatic heterocycles. The van der Waals surface area contributed by atoms with E-state index in [1.54, 1.807) is 0 Å². The fraction of sp³-hybridized carbons (Fsp3) is 0.562. The Hall–Kier alpha value is -1.51. The second-order valence-electron chi connectivity index (χ2n) is 5.74. The van der Waals surface area contributed by atoms with Crippen molar-refractivity contribution in [1.82, 2.24) is 0 Å². The molecule has 1 N–H and O–H groups in total. The van der Waals surface area contributed by atoms with Gasteiger partial charge in [-0.05, 0) is 54.9 Å². The molecule has 1 aromatic rings. The van der Waals surface area contributed by atoms with E-state index in [-0.39, 0.29) is 12.3 Å². The van der Waals surface area contributed by atoms with E-state index in [9.17, 15) is 4.79 Å². The minimum atomic E-state index is -0.716. The van der Waals surface area contributed by atoms with Crippen molar-refractivity contribution < 1.29 is 9.90 Å². The minimum absolute atomic E-state index is 0.165. The van der Waals surface area contributed by atoms with Gasteiger partial charge in [-0.15, -0.1) is 0 Å². The third kappa shape index (κ3) is 3.72. The maximum Gasteiger partial charge on any atom is 0.303 e. The van der Waals surface area contributed by atoms with Gasteiger partial charge >= 0.3 is 5.97 Å². The van der Waals surface area contributed by atoms with Crippen LogP contribution in [0.15, 0.2) is 18.2 Å². The molecule has 0 saturated carbocycles. The smallest absolute Gasteiger partial charge is 0.303 e.